The lowest BCUT2D eigenvalue weighted by Gasteiger charge is -2.26. The number of rotatable bonds is 5. The Bertz CT molecular complexity index is 537. The second kappa shape index (κ2) is 7.02. The first kappa shape index (κ1) is 15.2. The van der Waals surface area contributed by atoms with Crippen LogP contribution in [0.2, 0.25) is 0 Å². The number of Topliss-reactive ketones (excluding diaryl/α,β-unsaturated/α-hetero) is 1. The highest BCUT2D eigenvalue weighted by atomic mass is 16.2. The van der Waals surface area contributed by atoms with Crippen LogP contribution in [0.5, 0.6) is 0 Å². The fraction of sp³-hybridized carbons (Fsp3) is 0.438. The van der Waals surface area contributed by atoms with Gasteiger partial charge in [0.1, 0.15) is 0 Å². The quantitative estimate of drug-likeness (QED) is 0.827. The van der Waals surface area contributed by atoms with Crippen LogP contribution in [0.25, 0.3) is 0 Å². The molecule has 1 aliphatic heterocycles. The van der Waals surface area contributed by atoms with E-state index in [1.165, 1.54) is 10.5 Å². The number of amides is 2. The van der Waals surface area contributed by atoms with Crippen molar-refractivity contribution in [2.75, 3.05) is 19.6 Å². The third kappa shape index (κ3) is 4.15. The summed E-state index contributed by atoms with van der Waals surface area (Å²) < 4.78 is 0. The molecule has 0 radical (unpaired) electrons. The minimum absolute atomic E-state index is 0.0348. The number of ketones is 1. The van der Waals surface area contributed by atoms with E-state index in [0.717, 1.165) is 6.42 Å². The maximum atomic E-state index is 12.0. The van der Waals surface area contributed by atoms with Crippen molar-refractivity contribution in [2.24, 2.45) is 0 Å². The molecule has 1 fully saturated rings. The van der Waals surface area contributed by atoms with Crippen molar-refractivity contribution in [1.82, 2.24) is 10.2 Å². The zero-order valence-electron chi connectivity index (χ0n) is 12.2. The normalized spacial score (nSPS) is 14.7. The predicted molar refractivity (Wildman–Crippen MR) is 79.0 cm³/mol. The van der Waals surface area contributed by atoms with E-state index in [4.69, 9.17) is 0 Å². The molecule has 2 amide bonds. The van der Waals surface area contributed by atoms with Gasteiger partial charge in [0.05, 0.1) is 6.54 Å². The van der Waals surface area contributed by atoms with Crippen LogP contribution in [0.4, 0.5) is 0 Å². The van der Waals surface area contributed by atoms with E-state index in [1.807, 2.05) is 12.1 Å². The molecular weight excluding hydrogens is 268 g/mol. The number of carbonyl (C=O) groups excluding carboxylic acids is 3. The van der Waals surface area contributed by atoms with Gasteiger partial charge >= 0.3 is 0 Å². The van der Waals surface area contributed by atoms with Gasteiger partial charge in [-0.3, -0.25) is 14.4 Å². The van der Waals surface area contributed by atoms with E-state index >= 15 is 0 Å². The molecular formula is C16H20N2O3. The average molecular weight is 288 g/mol. The molecule has 5 nitrogen and oxygen atoms in total. The highest BCUT2D eigenvalue weighted by molar-refractivity contribution is 5.98. The molecule has 1 N–H and O–H groups in total. The summed E-state index contributed by atoms with van der Waals surface area (Å²) in [6.07, 6.45) is 1.27. The maximum absolute atomic E-state index is 12.0. The molecule has 1 aromatic carbocycles. The summed E-state index contributed by atoms with van der Waals surface area (Å²) in [7, 11) is 0. The number of nitrogens with zero attached hydrogens (tertiary/aromatic N) is 1. The molecule has 0 spiro atoms. The Balaban J connectivity index is 1.85. The van der Waals surface area contributed by atoms with E-state index in [1.54, 1.807) is 12.1 Å². The summed E-state index contributed by atoms with van der Waals surface area (Å²) in [5, 5.41) is 2.67. The van der Waals surface area contributed by atoms with Gasteiger partial charge in [-0.15, -0.1) is 0 Å². The number of hydrogen-bond acceptors (Lipinski definition) is 3. The van der Waals surface area contributed by atoms with Crippen LogP contribution >= 0.6 is 0 Å². The van der Waals surface area contributed by atoms with E-state index in [0.29, 0.717) is 18.7 Å². The van der Waals surface area contributed by atoms with E-state index < -0.39 is 0 Å². The van der Waals surface area contributed by atoms with Gasteiger partial charge in [-0.25, -0.2) is 0 Å². The molecule has 1 saturated heterocycles. The Hall–Kier alpha value is -2.17. The van der Waals surface area contributed by atoms with Crippen molar-refractivity contribution in [3.8, 4) is 0 Å². The molecule has 5 heteroatoms. The van der Waals surface area contributed by atoms with E-state index in [9.17, 15) is 14.4 Å². The summed E-state index contributed by atoms with van der Waals surface area (Å²) in [6, 6.07) is 7.48. The summed E-state index contributed by atoms with van der Waals surface area (Å²) in [5.41, 5.74) is 1.82. The Morgan fingerprint density at radius 1 is 1.19 bits per heavy atom. The SMILES string of the molecule is CCc1ccc(C(=O)CCC(=O)N2CCNC(=O)C2)cc1. The number of aryl methyl sites for hydroxylation is 1. The van der Waals surface area contributed by atoms with Gasteiger partial charge in [0.25, 0.3) is 0 Å². The zero-order chi connectivity index (χ0) is 15.2. The zero-order valence-corrected chi connectivity index (χ0v) is 12.2. The van der Waals surface area contributed by atoms with E-state index in [2.05, 4.69) is 12.2 Å². The van der Waals surface area contributed by atoms with Gasteiger partial charge in [0.2, 0.25) is 11.8 Å². The lowest BCUT2D eigenvalue weighted by Crippen LogP contribution is -2.50. The van der Waals surface area contributed by atoms with Crippen LogP contribution in [0.1, 0.15) is 35.7 Å². The van der Waals surface area contributed by atoms with Gasteiger partial charge in [0.15, 0.2) is 5.78 Å². The fourth-order valence-electron chi connectivity index (χ4n) is 2.30. The Kier molecular flexibility index (Phi) is 5.09. The van der Waals surface area contributed by atoms with Crippen molar-refractivity contribution < 1.29 is 14.4 Å². The molecule has 0 aliphatic carbocycles. The molecule has 1 aliphatic rings. The first-order valence-electron chi connectivity index (χ1n) is 7.26. The predicted octanol–water partition coefficient (Wildman–Crippen LogP) is 1.17. The standard InChI is InChI=1S/C16H20N2O3/c1-2-12-3-5-13(6-4-12)14(19)7-8-16(21)18-10-9-17-15(20)11-18/h3-6H,2,7-11H2,1H3,(H,17,20). The molecule has 0 aromatic heterocycles. The van der Waals surface area contributed by atoms with Gasteiger partial charge < -0.3 is 10.2 Å². The number of carbonyl (C=O) groups is 3. The summed E-state index contributed by atoms with van der Waals surface area (Å²) in [6.45, 7) is 3.16. The second-order valence-corrected chi connectivity index (χ2v) is 5.14. The minimum atomic E-state index is -0.143. The molecule has 0 bridgehead atoms. The van der Waals surface area contributed by atoms with Gasteiger partial charge in [-0.2, -0.15) is 0 Å². The molecule has 0 saturated carbocycles. The maximum Gasteiger partial charge on any atom is 0.239 e. The molecule has 0 unspecified atom stereocenters. The van der Waals surface area contributed by atoms with Crippen LogP contribution < -0.4 is 5.32 Å². The Morgan fingerprint density at radius 2 is 1.90 bits per heavy atom. The Morgan fingerprint density at radius 3 is 2.52 bits per heavy atom. The fourth-order valence-corrected chi connectivity index (χ4v) is 2.30. The third-order valence-corrected chi connectivity index (χ3v) is 3.64. The molecule has 2 rings (SSSR count). The largest absolute Gasteiger partial charge is 0.353 e. The summed E-state index contributed by atoms with van der Waals surface area (Å²) >= 11 is 0. The highest BCUT2D eigenvalue weighted by Crippen LogP contribution is 2.10. The second-order valence-electron chi connectivity index (χ2n) is 5.14. The van der Waals surface area contributed by atoms with Crippen LogP contribution in [0.15, 0.2) is 24.3 Å². The van der Waals surface area contributed by atoms with E-state index in [-0.39, 0.29) is 37.0 Å². The van der Waals surface area contributed by atoms with Crippen molar-refractivity contribution in [3.05, 3.63) is 35.4 Å². The van der Waals surface area contributed by atoms with Gasteiger partial charge in [0, 0.05) is 31.5 Å². The number of piperazine rings is 1. The first-order valence-corrected chi connectivity index (χ1v) is 7.26. The third-order valence-electron chi connectivity index (χ3n) is 3.64. The molecule has 1 aromatic rings. The van der Waals surface area contributed by atoms with Crippen LogP contribution in [0, 0.1) is 0 Å². The molecule has 112 valence electrons. The van der Waals surface area contributed by atoms with Crippen LogP contribution in [-0.4, -0.2) is 42.1 Å². The number of hydrogen-bond donors (Lipinski definition) is 1. The monoisotopic (exact) mass is 288 g/mol. The smallest absolute Gasteiger partial charge is 0.239 e. The summed E-state index contributed by atoms with van der Waals surface area (Å²) in [5.74, 6) is -0.313. The molecule has 0 atom stereocenters. The number of benzene rings is 1. The Labute approximate surface area is 124 Å². The highest BCUT2D eigenvalue weighted by Gasteiger charge is 2.21. The summed E-state index contributed by atoms with van der Waals surface area (Å²) in [4.78, 5) is 36.8. The number of nitrogens with one attached hydrogen (secondary N) is 1. The van der Waals surface area contributed by atoms with Crippen LogP contribution in [0.3, 0.4) is 0 Å². The van der Waals surface area contributed by atoms with Crippen LogP contribution in [-0.2, 0) is 16.0 Å². The van der Waals surface area contributed by atoms with Crippen molar-refractivity contribution >= 4 is 17.6 Å². The first-order chi connectivity index (χ1) is 10.1. The average Bonchev–Trinajstić information content (AvgIpc) is 2.52. The molecule has 1 heterocycles. The lowest BCUT2D eigenvalue weighted by molar-refractivity contribution is -0.138. The minimum Gasteiger partial charge on any atom is -0.353 e. The van der Waals surface area contributed by atoms with Gasteiger partial charge in [-0.05, 0) is 12.0 Å². The topological polar surface area (TPSA) is 66.5 Å². The lowest BCUT2D eigenvalue weighted by atomic mass is 10.0. The molecule has 21 heavy (non-hydrogen) atoms. The van der Waals surface area contributed by atoms with Gasteiger partial charge in [-0.1, -0.05) is 31.2 Å². The van der Waals surface area contributed by atoms with Crippen molar-refractivity contribution in [2.45, 2.75) is 26.2 Å². The van der Waals surface area contributed by atoms with Crippen molar-refractivity contribution in [1.29, 1.82) is 0 Å². The van der Waals surface area contributed by atoms with Crippen molar-refractivity contribution in [3.63, 3.8) is 0 Å².